The van der Waals surface area contributed by atoms with Gasteiger partial charge in [-0.2, -0.15) is 0 Å². The van der Waals surface area contributed by atoms with Crippen LogP contribution in [0.5, 0.6) is 11.5 Å². The lowest BCUT2D eigenvalue weighted by molar-refractivity contribution is -0.140. The molecule has 9 heteroatoms. The number of ether oxygens (including phenoxy) is 3. The van der Waals surface area contributed by atoms with E-state index in [1.807, 2.05) is 43.3 Å². The summed E-state index contributed by atoms with van der Waals surface area (Å²) in [4.78, 5) is 28.7. The van der Waals surface area contributed by atoms with Gasteiger partial charge in [0.2, 0.25) is 0 Å². The van der Waals surface area contributed by atoms with E-state index in [0.29, 0.717) is 41.0 Å². The number of thiocarbonyl (C=S) groups is 1. The Labute approximate surface area is 248 Å². The Hall–Kier alpha value is -4.40. The zero-order chi connectivity index (χ0) is 28.9. The van der Waals surface area contributed by atoms with Crippen molar-refractivity contribution in [1.29, 1.82) is 0 Å². The first-order chi connectivity index (χ1) is 19.9. The molecule has 4 aromatic rings. The Morgan fingerprint density at radius 1 is 0.951 bits per heavy atom. The molecule has 0 atom stereocenters. The average Bonchev–Trinajstić information content (AvgIpc) is 3.21. The van der Waals surface area contributed by atoms with Crippen LogP contribution in [-0.2, 0) is 20.9 Å². The zero-order valence-corrected chi connectivity index (χ0v) is 24.1. The van der Waals surface area contributed by atoms with Gasteiger partial charge in [0.25, 0.3) is 5.91 Å². The Bertz CT molecular complexity index is 1650. The van der Waals surface area contributed by atoms with Crippen LogP contribution in [0.2, 0.25) is 5.02 Å². The Morgan fingerprint density at radius 3 is 2.46 bits per heavy atom. The third kappa shape index (κ3) is 6.04. The lowest BCUT2D eigenvalue weighted by Gasteiger charge is -2.19. The number of halogens is 1. The molecular formula is C32H27ClN2O5S. The molecular weight excluding hydrogens is 560 g/mol. The maximum Gasteiger partial charge on any atom is 0.325 e. The molecule has 0 bridgehead atoms. The van der Waals surface area contributed by atoms with E-state index in [4.69, 9.17) is 38.0 Å². The van der Waals surface area contributed by atoms with Crippen molar-refractivity contribution in [1.82, 2.24) is 4.90 Å². The first-order valence-corrected chi connectivity index (χ1v) is 13.7. The largest absolute Gasteiger partial charge is 0.490 e. The van der Waals surface area contributed by atoms with E-state index in [0.717, 1.165) is 16.3 Å². The fraction of sp³-hybridized carbons (Fsp3) is 0.156. The van der Waals surface area contributed by atoms with Crippen LogP contribution in [0.4, 0.5) is 5.69 Å². The van der Waals surface area contributed by atoms with Crippen LogP contribution in [0, 0.1) is 0 Å². The number of hydrogen-bond acceptors (Lipinski definition) is 6. The number of carbonyl (C=O) groups is 2. The van der Waals surface area contributed by atoms with E-state index < -0.39 is 5.97 Å². The van der Waals surface area contributed by atoms with Crippen molar-refractivity contribution in [2.24, 2.45) is 0 Å². The number of hydrogen-bond donors (Lipinski definition) is 0. The van der Waals surface area contributed by atoms with E-state index >= 15 is 0 Å². The molecule has 1 fully saturated rings. The standard InChI is InChI=1S/C32H27ClN2O5S/c1-3-39-29-18-21(11-16-28(29)40-20-23-9-6-8-22-7-4-5-10-26(22)23)17-27-31(37)35(25-14-12-24(33)13-15-25)32(41)34(27)19-30(36)38-2/h4-18H,3,19-20H2,1-2H3/b27-17-. The van der Waals surface area contributed by atoms with Crippen molar-refractivity contribution >= 4 is 63.3 Å². The van der Waals surface area contributed by atoms with Crippen molar-refractivity contribution < 1.29 is 23.8 Å². The third-order valence-corrected chi connectivity index (χ3v) is 7.22. The van der Waals surface area contributed by atoms with Crippen molar-refractivity contribution in [2.45, 2.75) is 13.5 Å². The summed E-state index contributed by atoms with van der Waals surface area (Å²) >= 11 is 11.7. The topological polar surface area (TPSA) is 68.3 Å². The first-order valence-electron chi connectivity index (χ1n) is 13.0. The van der Waals surface area contributed by atoms with E-state index in [-0.39, 0.29) is 23.3 Å². The summed E-state index contributed by atoms with van der Waals surface area (Å²) < 4.78 is 17.0. The molecule has 0 aromatic heterocycles. The molecule has 7 nitrogen and oxygen atoms in total. The highest BCUT2D eigenvalue weighted by Crippen LogP contribution is 2.34. The predicted molar refractivity (Wildman–Crippen MR) is 164 cm³/mol. The van der Waals surface area contributed by atoms with Crippen LogP contribution in [0.15, 0.2) is 90.6 Å². The number of anilines is 1. The normalized spacial score (nSPS) is 14.2. The average molecular weight is 587 g/mol. The number of fused-ring (bicyclic) bond motifs is 1. The second kappa shape index (κ2) is 12.4. The lowest BCUT2D eigenvalue weighted by Crippen LogP contribution is -2.35. The second-order valence-electron chi connectivity index (χ2n) is 9.16. The molecule has 1 aliphatic rings. The monoisotopic (exact) mass is 586 g/mol. The fourth-order valence-corrected chi connectivity index (χ4v) is 5.06. The van der Waals surface area contributed by atoms with E-state index in [9.17, 15) is 9.59 Å². The zero-order valence-electron chi connectivity index (χ0n) is 22.5. The minimum absolute atomic E-state index is 0.161. The van der Waals surface area contributed by atoms with Crippen molar-refractivity contribution in [3.8, 4) is 11.5 Å². The number of benzene rings is 4. The van der Waals surface area contributed by atoms with Gasteiger partial charge in [0.15, 0.2) is 16.6 Å². The summed E-state index contributed by atoms with van der Waals surface area (Å²) in [7, 11) is 1.29. The molecule has 0 spiro atoms. The van der Waals surface area contributed by atoms with Crippen LogP contribution in [0.1, 0.15) is 18.1 Å². The van der Waals surface area contributed by atoms with Crippen LogP contribution in [0.25, 0.3) is 16.8 Å². The van der Waals surface area contributed by atoms with Gasteiger partial charge in [0.1, 0.15) is 18.8 Å². The summed E-state index contributed by atoms with van der Waals surface area (Å²) in [5.41, 5.74) is 2.49. The number of rotatable bonds is 9. The van der Waals surface area contributed by atoms with Crippen LogP contribution >= 0.6 is 23.8 Å². The first kappa shape index (κ1) is 28.1. The van der Waals surface area contributed by atoms with Gasteiger partial charge >= 0.3 is 5.97 Å². The number of methoxy groups -OCH3 is 1. The molecule has 1 heterocycles. The summed E-state index contributed by atoms with van der Waals surface area (Å²) in [5.74, 6) is 0.195. The molecule has 41 heavy (non-hydrogen) atoms. The van der Waals surface area contributed by atoms with Crippen molar-refractivity contribution in [3.05, 3.63) is 107 Å². The Kier molecular flexibility index (Phi) is 8.52. The number of carbonyl (C=O) groups excluding carboxylic acids is 2. The van der Waals surface area contributed by atoms with Gasteiger partial charge in [-0.15, -0.1) is 0 Å². The molecule has 0 radical (unpaired) electrons. The summed E-state index contributed by atoms with van der Waals surface area (Å²) in [6.45, 7) is 2.45. The van der Waals surface area contributed by atoms with Crippen LogP contribution < -0.4 is 14.4 Å². The summed E-state index contributed by atoms with van der Waals surface area (Å²) in [6.07, 6.45) is 1.67. The molecule has 5 rings (SSSR count). The van der Waals surface area contributed by atoms with E-state index in [1.54, 1.807) is 36.4 Å². The van der Waals surface area contributed by atoms with Crippen LogP contribution in [0.3, 0.4) is 0 Å². The van der Waals surface area contributed by atoms with Crippen LogP contribution in [-0.4, -0.2) is 42.2 Å². The third-order valence-electron chi connectivity index (χ3n) is 6.57. The SMILES string of the molecule is CCOc1cc(/C=C2/C(=O)N(c3ccc(Cl)cc3)C(=S)N2CC(=O)OC)ccc1OCc1cccc2ccccc12. The van der Waals surface area contributed by atoms with E-state index in [2.05, 4.69) is 18.2 Å². The molecule has 0 N–H and O–H groups in total. The molecule has 0 unspecified atom stereocenters. The van der Waals surface area contributed by atoms with Gasteiger partial charge in [-0.05, 0) is 83.5 Å². The highest BCUT2D eigenvalue weighted by molar-refractivity contribution is 7.80. The molecule has 1 aliphatic heterocycles. The minimum atomic E-state index is -0.531. The Morgan fingerprint density at radius 2 is 1.71 bits per heavy atom. The molecule has 0 aliphatic carbocycles. The highest BCUT2D eigenvalue weighted by Gasteiger charge is 2.40. The quantitative estimate of drug-likeness (QED) is 0.124. The van der Waals surface area contributed by atoms with E-state index in [1.165, 1.54) is 16.9 Å². The number of nitrogens with zero attached hydrogens (tertiary/aromatic N) is 2. The Balaban J connectivity index is 1.46. The van der Waals surface area contributed by atoms with Gasteiger partial charge in [-0.3, -0.25) is 14.5 Å². The second-order valence-corrected chi connectivity index (χ2v) is 9.96. The van der Waals surface area contributed by atoms with Gasteiger partial charge < -0.3 is 19.1 Å². The van der Waals surface area contributed by atoms with Crippen molar-refractivity contribution in [2.75, 3.05) is 25.2 Å². The molecule has 1 amide bonds. The minimum Gasteiger partial charge on any atom is -0.490 e. The summed E-state index contributed by atoms with van der Waals surface area (Å²) in [5, 5.41) is 2.96. The number of amides is 1. The molecule has 0 saturated carbocycles. The maximum absolute atomic E-state index is 13.6. The molecule has 1 saturated heterocycles. The smallest absolute Gasteiger partial charge is 0.325 e. The van der Waals surface area contributed by atoms with Gasteiger partial charge in [-0.25, -0.2) is 0 Å². The fourth-order valence-electron chi connectivity index (χ4n) is 4.58. The van der Waals surface area contributed by atoms with Gasteiger partial charge in [0, 0.05) is 5.02 Å². The predicted octanol–water partition coefficient (Wildman–Crippen LogP) is 6.62. The summed E-state index contributed by atoms with van der Waals surface area (Å²) in [6, 6.07) is 26.4. The molecule has 4 aromatic carbocycles. The lowest BCUT2D eigenvalue weighted by atomic mass is 10.1. The van der Waals surface area contributed by atoms with Gasteiger partial charge in [0.05, 0.1) is 19.4 Å². The highest BCUT2D eigenvalue weighted by atomic mass is 35.5. The maximum atomic E-state index is 13.6. The van der Waals surface area contributed by atoms with Crippen molar-refractivity contribution in [3.63, 3.8) is 0 Å². The van der Waals surface area contributed by atoms with Gasteiger partial charge in [-0.1, -0.05) is 60.1 Å². The number of esters is 1. The molecule has 208 valence electrons.